The molecule has 1 aromatic carbocycles. The first-order valence-electron chi connectivity index (χ1n) is 5.97. The topological polar surface area (TPSA) is 21.3 Å². The van der Waals surface area contributed by atoms with Crippen molar-refractivity contribution in [2.24, 2.45) is 0 Å². The predicted octanol–water partition coefficient (Wildman–Crippen LogP) is 4.80. The lowest BCUT2D eigenvalue weighted by atomic mass is 10.2. The second-order valence-corrected chi connectivity index (χ2v) is 5.19. The van der Waals surface area contributed by atoms with Crippen LogP contribution in [-0.4, -0.2) is 6.61 Å². The molecule has 0 atom stereocenters. The molecular formula is C14H16ClNOS. The number of anilines is 1. The highest BCUT2D eigenvalue weighted by atomic mass is 35.5. The SMILES string of the molecule is CCCOc1ccc(Cl)cc1NCc1ccsc1. The summed E-state index contributed by atoms with van der Waals surface area (Å²) in [5.74, 6) is 0.858. The van der Waals surface area contributed by atoms with Crippen molar-refractivity contribution in [2.45, 2.75) is 19.9 Å². The summed E-state index contributed by atoms with van der Waals surface area (Å²) in [5.41, 5.74) is 2.21. The average Bonchev–Trinajstić information content (AvgIpc) is 2.88. The van der Waals surface area contributed by atoms with Gasteiger partial charge < -0.3 is 10.1 Å². The first kappa shape index (κ1) is 13.2. The Hall–Kier alpha value is -1.19. The Labute approximate surface area is 117 Å². The van der Waals surface area contributed by atoms with E-state index in [0.29, 0.717) is 5.02 Å². The van der Waals surface area contributed by atoms with Crippen molar-refractivity contribution in [2.75, 3.05) is 11.9 Å². The zero-order chi connectivity index (χ0) is 12.8. The van der Waals surface area contributed by atoms with Crippen LogP contribution in [0.25, 0.3) is 0 Å². The Bertz CT molecular complexity index is 485. The number of halogens is 1. The summed E-state index contributed by atoms with van der Waals surface area (Å²) >= 11 is 7.72. The van der Waals surface area contributed by atoms with Crippen LogP contribution in [-0.2, 0) is 6.54 Å². The van der Waals surface area contributed by atoms with Gasteiger partial charge >= 0.3 is 0 Å². The molecule has 0 unspecified atom stereocenters. The molecule has 0 saturated carbocycles. The first-order chi connectivity index (χ1) is 8.79. The van der Waals surface area contributed by atoms with Crippen molar-refractivity contribution in [1.82, 2.24) is 0 Å². The summed E-state index contributed by atoms with van der Waals surface area (Å²) < 4.78 is 5.69. The van der Waals surface area contributed by atoms with E-state index in [-0.39, 0.29) is 0 Å². The molecule has 0 fully saturated rings. The van der Waals surface area contributed by atoms with Crippen molar-refractivity contribution in [1.29, 1.82) is 0 Å². The molecule has 1 aromatic heterocycles. The van der Waals surface area contributed by atoms with E-state index in [1.165, 1.54) is 5.56 Å². The molecule has 0 bridgehead atoms. The molecular weight excluding hydrogens is 266 g/mol. The van der Waals surface area contributed by atoms with Crippen molar-refractivity contribution >= 4 is 28.6 Å². The molecule has 1 N–H and O–H groups in total. The number of thiophene rings is 1. The van der Waals surface area contributed by atoms with E-state index >= 15 is 0 Å². The molecule has 2 aromatic rings. The molecule has 0 aliphatic rings. The number of benzene rings is 1. The predicted molar refractivity (Wildman–Crippen MR) is 78.9 cm³/mol. The maximum atomic E-state index is 6.02. The Balaban J connectivity index is 2.06. The third-order valence-electron chi connectivity index (χ3n) is 2.47. The average molecular weight is 282 g/mol. The minimum absolute atomic E-state index is 0.715. The number of ether oxygens (including phenoxy) is 1. The van der Waals surface area contributed by atoms with Gasteiger partial charge in [-0.2, -0.15) is 11.3 Å². The fourth-order valence-electron chi connectivity index (χ4n) is 1.57. The molecule has 0 aliphatic carbocycles. The quantitative estimate of drug-likeness (QED) is 0.821. The largest absolute Gasteiger partial charge is 0.491 e. The van der Waals surface area contributed by atoms with Gasteiger partial charge in [-0.05, 0) is 47.0 Å². The van der Waals surface area contributed by atoms with Crippen LogP contribution in [0.3, 0.4) is 0 Å². The second-order valence-electron chi connectivity index (χ2n) is 3.97. The Kier molecular flexibility index (Phi) is 4.90. The summed E-state index contributed by atoms with van der Waals surface area (Å²) in [6.45, 7) is 3.59. The molecule has 2 rings (SSSR count). The molecule has 1 heterocycles. The molecule has 0 saturated heterocycles. The number of nitrogens with one attached hydrogen (secondary N) is 1. The minimum atomic E-state index is 0.715. The first-order valence-corrected chi connectivity index (χ1v) is 7.29. The smallest absolute Gasteiger partial charge is 0.142 e. The van der Waals surface area contributed by atoms with Gasteiger partial charge in [0.25, 0.3) is 0 Å². The highest BCUT2D eigenvalue weighted by molar-refractivity contribution is 7.07. The number of hydrogen-bond acceptors (Lipinski definition) is 3. The summed E-state index contributed by atoms with van der Waals surface area (Å²) in [5, 5.41) is 8.28. The van der Waals surface area contributed by atoms with Crippen LogP contribution in [0.5, 0.6) is 5.75 Å². The fraction of sp³-hybridized carbons (Fsp3) is 0.286. The molecule has 0 radical (unpaired) electrons. The van der Waals surface area contributed by atoms with E-state index in [0.717, 1.165) is 31.0 Å². The Morgan fingerprint density at radius 1 is 1.33 bits per heavy atom. The van der Waals surface area contributed by atoms with E-state index in [1.807, 2.05) is 18.2 Å². The van der Waals surface area contributed by atoms with E-state index < -0.39 is 0 Å². The van der Waals surface area contributed by atoms with Crippen LogP contribution in [0.4, 0.5) is 5.69 Å². The van der Waals surface area contributed by atoms with E-state index in [4.69, 9.17) is 16.3 Å². The summed E-state index contributed by atoms with van der Waals surface area (Å²) in [7, 11) is 0. The molecule has 2 nitrogen and oxygen atoms in total. The van der Waals surface area contributed by atoms with Crippen LogP contribution in [0.2, 0.25) is 5.02 Å². The van der Waals surface area contributed by atoms with Gasteiger partial charge in [0.05, 0.1) is 12.3 Å². The van der Waals surface area contributed by atoms with Crippen LogP contribution in [0.1, 0.15) is 18.9 Å². The lowest BCUT2D eigenvalue weighted by Gasteiger charge is -2.13. The lowest BCUT2D eigenvalue weighted by molar-refractivity contribution is 0.319. The monoisotopic (exact) mass is 281 g/mol. The molecule has 96 valence electrons. The molecule has 0 spiro atoms. The Morgan fingerprint density at radius 2 is 2.22 bits per heavy atom. The highest BCUT2D eigenvalue weighted by Gasteiger charge is 2.04. The third kappa shape index (κ3) is 3.65. The second kappa shape index (κ2) is 6.66. The van der Waals surface area contributed by atoms with Gasteiger partial charge in [0, 0.05) is 11.6 Å². The van der Waals surface area contributed by atoms with Crippen LogP contribution in [0, 0.1) is 0 Å². The van der Waals surface area contributed by atoms with Crippen molar-refractivity contribution in [3.8, 4) is 5.75 Å². The fourth-order valence-corrected chi connectivity index (χ4v) is 2.41. The van der Waals surface area contributed by atoms with Gasteiger partial charge in [-0.1, -0.05) is 18.5 Å². The highest BCUT2D eigenvalue weighted by Crippen LogP contribution is 2.28. The molecule has 18 heavy (non-hydrogen) atoms. The van der Waals surface area contributed by atoms with Crippen molar-refractivity contribution in [3.05, 3.63) is 45.6 Å². The lowest BCUT2D eigenvalue weighted by Crippen LogP contribution is -2.03. The molecule has 0 amide bonds. The van der Waals surface area contributed by atoms with Crippen LogP contribution in [0.15, 0.2) is 35.0 Å². The van der Waals surface area contributed by atoms with E-state index in [2.05, 4.69) is 29.1 Å². The van der Waals surface area contributed by atoms with Gasteiger partial charge in [-0.3, -0.25) is 0 Å². The van der Waals surface area contributed by atoms with Crippen molar-refractivity contribution in [3.63, 3.8) is 0 Å². The summed E-state index contributed by atoms with van der Waals surface area (Å²) in [6.07, 6.45) is 0.993. The van der Waals surface area contributed by atoms with Crippen LogP contribution < -0.4 is 10.1 Å². The number of rotatable bonds is 6. The maximum absolute atomic E-state index is 6.02. The zero-order valence-electron chi connectivity index (χ0n) is 10.3. The van der Waals surface area contributed by atoms with Crippen molar-refractivity contribution < 1.29 is 4.74 Å². The zero-order valence-corrected chi connectivity index (χ0v) is 11.9. The van der Waals surface area contributed by atoms with Gasteiger partial charge in [-0.25, -0.2) is 0 Å². The normalized spacial score (nSPS) is 10.3. The van der Waals surface area contributed by atoms with Gasteiger partial charge in [0.1, 0.15) is 5.75 Å². The Morgan fingerprint density at radius 3 is 2.94 bits per heavy atom. The van der Waals surface area contributed by atoms with Crippen LogP contribution >= 0.6 is 22.9 Å². The minimum Gasteiger partial charge on any atom is -0.491 e. The van der Waals surface area contributed by atoms with E-state index in [9.17, 15) is 0 Å². The van der Waals surface area contributed by atoms with Gasteiger partial charge in [-0.15, -0.1) is 0 Å². The van der Waals surface area contributed by atoms with Gasteiger partial charge in [0.15, 0.2) is 0 Å². The summed E-state index contributed by atoms with van der Waals surface area (Å²) in [4.78, 5) is 0. The van der Waals surface area contributed by atoms with Gasteiger partial charge in [0.2, 0.25) is 0 Å². The third-order valence-corrected chi connectivity index (χ3v) is 3.43. The molecule has 0 aliphatic heterocycles. The molecule has 4 heteroatoms. The standard InChI is InChI=1S/C14H16ClNOS/c1-2-6-17-14-4-3-12(15)8-13(14)16-9-11-5-7-18-10-11/h3-5,7-8,10,16H,2,6,9H2,1H3. The summed E-state index contributed by atoms with van der Waals surface area (Å²) in [6, 6.07) is 7.77. The maximum Gasteiger partial charge on any atom is 0.142 e. The number of hydrogen-bond donors (Lipinski definition) is 1. The van der Waals surface area contributed by atoms with E-state index in [1.54, 1.807) is 11.3 Å².